The van der Waals surface area contributed by atoms with Crippen molar-refractivity contribution in [1.82, 2.24) is 9.97 Å². The summed E-state index contributed by atoms with van der Waals surface area (Å²) in [5.41, 5.74) is 6.54. The smallest absolute Gasteiger partial charge is 0.251 e. The maximum atomic E-state index is 13.6. The van der Waals surface area contributed by atoms with Gasteiger partial charge in [0.25, 0.3) is 5.56 Å². The zero-order valence-electron chi connectivity index (χ0n) is 11.1. The number of halogens is 1. The van der Waals surface area contributed by atoms with Crippen molar-refractivity contribution in [2.75, 3.05) is 0 Å². The van der Waals surface area contributed by atoms with Gasteiger partial charge < -0.3 is 10.7 Å². The third kappa shape index (κ3) is 3.46. The number of hydrogen-bond acceptors (Lipinski definition) is 4. The number of rotatable bonds is 5. The summed E-state index contributed by atoms with van der Waals surface area (Å²) in [4.78, 5) is 19.3. The average Bonchev–Trinajstić information content (AvgIpc) is 2.38. The molecule has 0 radical (unpaired) electrons. The second kappa shape index (κ2) is 6.67. The first-order valence-electron chi connectivity index (χ1n) is 6.39. The van der Waals surface area contributed by atoms with Crippen LogP contribution in [0.2, 0.25) is 0 Å². The van der Waals surface area contributed by atoms with E-state index in [0.717, 1.165) is 18.5 Å². The summed E-state index contributed by atoms with van der Waals surface area (Å²) in [6, 6.07) is 6.24. The van der Waals surface area contributed by atoms with Crippen molar-refractivity contribution in [1.29, 1.82) is 0 Å². The second-order valence-corrected chi connectivity index (χ2v) is 5.35. The molecule has 0 saturated heterocycles. The lowest BCUT2D eigenvalue weighted by molar-refractivity contribution is 0.604. The van der Waals surface area contributed by atoms with Crippen molar-refractivity contribution in [3.05, 3.63) is 51.7 Å². The lowest BCUT2D eigenvalue weighted by atomic mass is 10.2. The molecule has 0 amide bonds. The average molecular weight is 293 g/mol. The van der Waals surface area contributed by atoms with E-state index < -0.39 is 0 Å². The normalized spacial score (nSPS) is 10.8. The van der Waals surface area contributed by atoms with E-state index in [-0.39, 0.29) is 17.9 Å². The van der Waals surface area contributed by atoms with E-state index in [2.05, 4.69) is 9.97 Å². The summed E-state index contributed by atoms with van der Waals surface area (Å²) >= 11 is 1.22. The quantitative estimate of drug-likeness (QED) is 0.831. The van der Waals surface area contributed by atoms with Crippen LogP contribution < -0.4 is 11.3 Å². The van der Waals surface area contributed by atoms with Gasteiger partial charge in [0.2, 0.25) is 0 Å². The Balaban J connectivity index is 2.35. The molecule has 1 aromatic carbocycles. The summed E-state index contributed by atoms with van der Waals surface area (Å²) in [7, 11) is 0. The molecule has 6 heteroatoms. The highest BCUT2D eigenvalue weighted by Gasteiger charge is 2.10. The molecule has 0 bridgehead atoms. The Kier molecular flexibility index (Phi) is 4.92. The fourth-order valence-electron chi connectivity index (χ4n) is 1.85. The van der Waals surface area contributed by atoms with Gasteiger partial charge in [-0.15, -0.1) is 0 Å². The van der Waals surface area contributed by atoms with Gasteiger partial charge in [0.1, 0.15) is 5.82 Å². The zero-order chi connectivity index (χ0) is 14.5. The topological polar surface area (TPSA) is 71.8 Å². The lowest BCUT2D eigenvalue weighted by Gasteiger charge is -2.08. The van der Waals surface area contributed by atoms with E-state index in [1.165, 1.54) is 23.9 Å². The molecule has 1 heterocycles. The van der Waals surface area contributed by atoms with Gasteiger partial charge >= 0.3 is 0 Å². The molecule has 0 aliphatic rings. The molecule has 20 heavy (non-hydrogen) atoms. The number of nitrogens with two attached hydrogens (primary N) is 1. The number of aryl methyl sites for hydroxylation is 1. The maximum Gasteiger partial charge on any atom is 0.251 e. The summed E-state index contributed by atoms with van der Waals surface area (Å²) in [6.07, 6.45) is 1.65. The highest BCUT2D eigenvalue weighted by Crippen LogP contribution is 2.28. The number of H-pyrrole nitrogens is 1. The molecule has 2 aromatic rings. The fourth-order valence-corrected chi connectivity index (χ4v) is 2.83. The Morgan fingerprint density at radius 3 is 2.95 bits per heavy atom. The van der Waals surface area contributed by atoms with E-state index in [1.54, 1.807) is 12.1 Å². The number of nitrogens with one attached hydrogen (secondary N) is 1. The first-order chi connectivity index (χ1) is 9.63. The first-order valence-corrected chi connectivity index (χ1v) is 7.21. The molecule has 1 aromatic heterocycles. The minimum atomic E-state index is -0.343. The first kappa shape index (κ1) is 14.7. The van der Waals surface area contributed by atoms with Gasteiger partial charge in [-0.2, -0.15) is 0 Å². The summed E-state index contributed by atoms with van der Waals surface area (Å²) in [6.45, 7) is 2.13. The second-order valence-electron chi connectivity index (χ2n) is 4.31. The Morgan fingerprint density at radius 1 is 1.45 bits per heavy atom. The van der Waals surface area contributed by atoms with Crippen molar-refractivity contribution in [3.8, 4) is 0 Å². The molecular formula is C14H16FN3OS. The number of aromatic nitrogens is 2. The molecule has 4 nitrogen and oxygen atoms in total. The molecule has 0 spiro atoms. The van der Waals surface area contributed by atoms with Crippen LogP contribution in [-0.2, 0) is 13.0 Å². The van der Waals surface area contributed by atoms with E-state index in [9.17, 15) is 9.18 Å². The van der Waals surface area contributed by atoms with Gasteiger partial charge in [0, 0.05) is 28.8 Å². The molecule has 0 atom stereocenters. The van der Waals surface area contributed by atoms with Crippen LogP contribution in [0.3, 0.4) is 0 Å². The van der Waals surface area contributed by atoms with Gasteiger partial charge in [-0.05, 0) is 18.6 Å². The highest BCUT2D eigenvalue weighted by molar-refractivity contribution is 7.99. The Hall–Kier alpha value is -1.66. The summed E-state index contributed by atoms with van der Waals surface area (Å²) in [5.74, 6) is -0.343. The number of nitrogens with zero attached hydrogens (tertiary/aromatic N) is 1. The predicted molar refractivity (Wildman–Crippen MR) is 77.3 cm³/mol. The van der Waals surface area contributed by atoms with Crippen molar-refractivity contribution < 1.29 is 4.39 Å². The molecular weight excluding hydrogens is 277 g/mol. The largest absolute Gasteiger partial charge is 0.326 e. The maximum absolute atomic E-state index is 13.6. The van der Waals surface area contributed by atoms with Crippen molar-refractivity contribution >= 4 is 11.8 Å². The molecule has 0 fully saturated rings. The van der Waals surface area contributed by atoms with Gasteiger partial charge in [-0.1, -0.05) is 31.2 Å². The monoisotopic (exact) mass is 293 g/mol. The molecule has 0 aliphatic heterocycles. The van der Waals surface area contributed by atoms with Gasteiger partial charge in [-0.3, -0.25) is 4.79 Å². The van der Waals surface area contributed by atoms with Crippen molar-refractivity contribution in [3.63, 3.8) is 0 Å². The van der Waals surface area contributed by atoms with Crippen LogP contribution in [0.25, 0.3) is 0 Å². The molecule has 3 N–H and O–H groups in total. The Morgan fingerprint density at radius 2 is 2.25 bits per heavy atom. The lowest BCUT2D eigenvalue weighted by Crippen LogP contribution is -2.10. The van der Waals surface area contributed by atoms with E-state index in [0.29, 0.717) is 15.6 Å². The van der Waals surface area contributed by atoms with Gasteiger partial charge in [0.05, 0.1) is 0 Å². The molecule has 106 valence electrons. The minimum absolute atomic E-state index is 0.105. The Labute approximate surface area is 120 Å². The molecule has 0 aliphatic carbocycles. The van der Waals surface area contributed by atoms with Crippen LogP contribution in [0.4, 0.5) is 4.39 Å². The van der Waals surface area contributed by atoms with Crippen LogP contribution in [0.1, 0.15) is 24.6 Å². The van der Waals surface area contributed by atoms with E-state index >= 15 is 0 Å². The van der Waals surface area contributed by atoms with Crippen LogP contribution in [0.15, 0.2) is 39.1 Å². The molecule has 0 saturated carbocycles. The number of aromatic amines is 1. The van der Waals surface area contributed by atoms with Crippen LogP contribution in [0.5, 0.6) is 0 Å². The third-order valence-electron chi connectivity index (χ3n) is 2.77. The van der Waals surface area contributed by atoms with Crippen LogP contribution in [0, 0.1) is 5.82 Å². The van der Waals surface area contributed by atoms with Crippen molar-refractivity contribution in [2.24, 2.45) is 5.73 Å². The fraction of sp³-hybridized carbons (Fsp3) is 0.286. The summed E-state index contributed by atoms with van der Waals surface area (Å²) in [5, 5.41) is 0.459. The van der Waals surface area contributed by atoms with Crippen LogP contribution >= 0.6 is 11.8 Å². The minimum Gasteiger partial charge on any atom is -0.326 e. The summed E-state index contributed by atoms with van der Waals surface area (Å²) < 4.78 is 13.6. The molecule has 0 unspecified atom stereocenters. The number of benzene rings is 1. The Bertz CT molecular complexity index is 657. The predicted octanol–water partition coefficient (Wildman–Crippen LogP) is 2.47. The SMILES string of the molecule is CCCc1cc(=O)[nH]c(Sc2cccc(F)c2CN)n1. The van der Waals surface area contributed by atoms with E-state index in [4.69, 9.17) is 5.73 Å². The van der Waals surface area contributed by atoms with Gasteiger partial charge in [0.15, 0.2) is 5.16 Å². The van der Waals surface area contributed by atoms with Gasteiger partial charge in [-0.25, -0.2) is 9.37 Å². The molecule has 2 rings (SSSR count). The van der Waals surface area contributed by atoms with Crippen LogP contribution in [-0.4, -0.2) is 9.97 Å². The van der Waals surface area contributed by atoms with E-state index in [1.807, 2.05) is 6.92 Å². The van der Waals surface area contributed by atoms with Crippen molar-refractivity contribution in [2.45, 2.75) is 36.4 Å². The highest BCUT2D eigenvalue weighted by atomic mass is 32.2. The standard InChI is InChI=1S/C14H16FN3OS/c1-2-4-9-7-13(19)18-14(17-9)20-12-6-3-5-11(15)10(12)8-16/h3,5-7H,2,4,8,16H2,1H3,(H,17,18,19). The third-order valence-corrected chi connectivity index (χ3v) is 3.75. The number of hydrogen-bond donors (Lipinski definition) is 2. The zero-order valence-corrected chi connectivity index (χ0v) is 12.0.